The van der Waals surface area contributed by atoms with Crippen LogP contribution < -0.4 is 0 Å². The maximum atomic E-state index is 13.2. The topological polar surface area (TPSA) is 40.5 Å². The monoisotopic (exact) mass is 221 g/mol. The third-order valence-electron chi connectivity index (χ3n) is 2.48. The van der Waals surface area contributed by atoms with Crippen molar-refractivity contribution in [2.45, 2.75) is 6.10 Å². The Morgan fingerprint density at radius 3 is 2.75 bits per heavy atom. The van der Waals surface area contributed by atoms with Gasteiger partial charge in [-0.3, -0.25) is 4.79 Å². The average molecular weight is 221 g/mol. The Labute approximate surface area is 92.8 Å². The predicted octanol–water partition coefficient (Wildman–Crippen LogP) is 1.04. The van der Waals surface area contributed by atoms with E-state index in [0.29, 0.717) is 18.7 Å². The highest BCUT2D eigenvalue weighted by molar-refractivity contribution is 5.92. The van der Waals surface area contributed by atoms with Crippen molar-refractivity contribution < 1.29 is 14.3 Å². The van der Waals surface area contributed by atoms with Crippen molar-refractivity contribution in [2.24, 2.45) is 0 Å². The first-order valence-corrected chi connectivity index (χ1v) is 5.06. The minimum Gasteiger partial charge on any atom is -0.389 e. The number of hydrogen-bond donors (Lipinski definition) is 1. The SMILES string of the molecule is O=C(C=Cc1ccccc1F)N1CC(O)C1. The van der Waals surface area contributed by atoms with Crippen molar-refractivity contribution in [3.8, 4) is 0 Å². The minimum absolute atomic E-state index is 0.200. The fourth-order valence-electron chi connectivity index (χ4n) is 1.51. The highest BCUT2D eigenvalue weighted by atomic mass is 19.1. The van der Waals surface area contributed by atoms with Gasteiger partial charge in [-0.2, -0.15) is 0 Å². The molecule has 1 amide bonds. The molecule has 1 saturated heterocycles. The molecular formula is C12H12FNO2. The molecule has 1 heterocycles. The molecule has 16 heavy (non-hydrogen) atoms. The second-order valence-electron chi connectivity index (χ2n) is 3.75. The Morgan fingerprint density at radius 1 is 1.44 bits per heavy atom. The summed E-state index contributed by atoms with van der Waals surface area (Å²) in [7, 11) is 0. The smallest absolute Gasteiger partial charge is 0.246 e. The molecule has 0 radical (unpaired) electrons. The lowest BCUT2D eigenvalue weighted by Gasteiger charge is -2.34. The van der Waals surface area contributed by atoms with Crippen LogP contribution in [0.25, 0.3) is 6.08 Å². The standard InChI is InChI=1S/C12H12FNO2/c13-11-4-2-1-3-9(11)5-6-12(16)14-7-10(15)8-14/h1-6,10,15H,7-8H2. The van der Waals surface area contributed by atoms with E-state index in [2.05, 4.69) is 0 Å². The number of nitrogens with zero attached hydrogens (tertiary/aromatic N) is 1. The molecule has 3 nitrogen and oxygen atoms in total. The van der Waals surface area contributed by atoms with E-state index in [-0.39, 0.29) is 11.7 Å². The van der Waals surface area contributed by atoms with Gasteiger partial charge in [0.1, 0.15) is 5.82 Å². The second-order valence-corrected chi connectivity index (χ2v) is 3.75. The molecule has 1 aliphatic heterocycles. The maximum absolute atomic E-state index is 13.2. The molecule has 0 atom stereocenters. The largest absolute Gasteiger partial charge is 0.389 e. The molecule has 4 heteroatoms. The number of β-amino-alcohol motifs (C(OH)–C–C–N with tert-alkyl or cyclic N) is 1. The van der Waals surface area contributed by atoms with Crippen LogP contribution in [0.3, 0.4) is 0 Å². The van der Waals surface area contributed by atoms with Crippen LogP contribution in [0.1, 0.15) is 5.56 Å². The van der Waals surface area contributed by atoms with Gasteiger partial charge in [0.25, 0.3) is 0 Å². The van der Waals surface area contributed by atoms with Gasteiger partial charge >= 0.3 is 0 Å². The zero-order valence-electron chi connectivity index (χ0n) is 8.64. The first kappa shape index (κ1) is 10.8. The normalized spacial score (nSPS) is 16.5. The number of aliphatic hydroxyl groups is 1. The molecule has 0 aliphatic carbocycles. The second kappa shape index (κ2) is 4.45. The fourth-order valence-corrected chi connectivity index (χ4v) is 1.51. The van der Waals surface area contributed by atoms with Gasteiger partial charge in [0.05, 0.1) is 6.10 Å². The van der Waals surface area contributed by atoms with E-state index in [1.54, 1.807) is 18.2 Å². The lowest BCUT2D eigenvalue weighted by Crippen LogP contribution is -2.52. The van der Waals surface area contributed by atoms with Gasteiger partial charge in [-0.1, -0.05) is 18.2 Å². The van der Waals surface area contributed by atoms with Crippen LogP contribution in [0.15, 0.2) is 30.3 Å². The van der Waals surface area contributed by atoms with Gasteiger partial charge in [0.15, 0.2) is 0 Å². The lowest BCUT2D eigenvalue weighted by atomic mass is 10.1. The number of aliphatic hydroxyl groups excluding tert-OH is 1. The van der Waals surface area contributed by atoms with Gasteiger partial charge in [-0.05, 0) is 12.1 Å². The van der Waals surface area contributed by atoms with E-state index >= 15 is 0 Å². The van der Waals surface area contributed by atoms with Crippen LogP contribution in [0, 0.1) is 5.82 Å². The van der Waals surface area contributed by atoms with Crippen LogP contribution >= 0.6 is 0 Å². The molecule has 0 saturated carbocycles. The summed E-state index contributed by atoms with van der Waals surface area (Å²) in [4.78, 5) is 13.0. The summed E-state index contributed by atoms with van der Waals surface area (Å²) in [6.45, 7) is 0.723. The van der Waals surface area contributed by atoms with Gasteiger partial charge in [0, 0.05) is 24.7 Å². The number of carbonyl (C=O) groups is 1. The molecule has 1 N–H and O–H groups in total. The van der Waals surface area contributed by atoms with Crippen LogP contribution in [0.2, 0.25) is 0 Å². The molecule has 0 spiro atoms. The van der Waals surface area contributed by atoms with E-state index in [0.717, 1.165) is 0 Å². The van der Waals surface area contributed by atoms with Crippen molar-refractivity contribution >= 4 is 12.0 Å². The summed E-state index contributed by atoms with van der Waals surface area (Å²) >= 11 is 0. The zero-order chi connectivity index (χ0) is 11.5. The Kier molecular flexibility index (Phi) is 3.01. The molecule has 0 bridgehead atoms. The van der Waals surface area contributed by atoms with Crippen molar-refractivity contribution in [1.82, 2.24) is 4.90 Å². The number of carbonyl (C=O) groups excluding carboxylic acids is 1. The van der Waals surface area contributed by atoms with Gasteiger partial charge in [-0.15, -0.1) is 0 Å². The number of likely N-dealkylation sites (tertiary alicyclic amines) is 1. The quantitative estimate of drug-likeness (QED) is 0.758. The molecule has 1 fully saturated rings. The number of benzene rings is 1. The van der Waals surface area contributed by atoms with E-state index in [9.17, 15) is 9.18 Å². The molecule has 1 aliphatic rings. The first-order valence-electron chi connectivity index (χ1n) is 5.06. The Bertz CT molecular complexity index is 425. The van der Waals surface area contributed by atoms with Crippen LogP contribution in [-0.2, 0) is 4.79 Å². The van der Waals surface area contributed by atoms with Crippen LogP contribution in [0.5, 0.6) is 0 Å². The van der Waals surface area contributed by atoms with E-state index in [1.807, 2.05) is 0 Å². The molecule has 0 unspecified atom stereocenters. The molecular weight excluding hydrogens is 209 g/mol. The Hall–Kier alpha value is -1.68. The number of amides is 1. The van der Waals surface area contributed by atoms with Crippen molar-refractivity contribution in [3.63, 3.8) is 0 Å². The van der Waals surface area contributed by atoms with Crippen molar-refractivity contribution in [2.75, 3.05) is 13.1 Å². The number of halogens is 1. The average Bonchev–Trinajstić information content (AvgIpc) is 2.23. The summed E-state index contributed by atoms with van der Waals surface area (Å²) in [6.07, 6.45) is 2.36. The number of rotatable bonds is 2. The Morgan fingerprint density at radius 2 is 2.12 bits per heavy atom. The van der Waals surface area contributed by atoms with Crippen LogP contribution in [-0.4, -0.2) is 35.1 Å². The van der Waals surface area contributed by atoms with Gasteiger partial charge < -0.3 is 10.0 Å². The third kappa shape index (κ3) is 2.28. The summed E-state index contributed by atoms with van der Waals surface area (Å²) in [5, 5.41) is 9.02. The van der Waals surface area contributed by atoms with Gasteiger partial charge in [-0.25, -0.2) is 4.39 Å². The van der Waals surface area contributed by atoms with Crippen molar-refractivity contribution in [1.29, 1.82) is 0 Å². The summed E-state index contributed by atoms with van der Waals surface area (Å²) in [6, 6.07) is 6.25. The molecule has 84 valence electrons. The fraction of sp³-hybridized carbons (Fsp3) is 0.250. The Balaban J connectivity index is 1.99. The van der Waals surface area contributed by atoms with Crippen LogP contribution in [0.4, 0.5) is 4.39 Å². The molecule has 0 aromatic heterocycles. The highest BCUT2D eigenvalue weighted by Crippen LogP contribution is 2.11. The van der Waals surface area contributed by atoms with Gasteiger partial charge in [0.2, 0.25) is 5.91 Å². The molecule has 1 aromatic rings. The maximum Gasteiger partial charge on any atom is 0.246 e. The van der Waals surface area contributed by atoms with E-state index in [4.69, 9.17) is 5.11 Å². The molecule has 1 aromatic carbocycles. The highest BCUT2D eigenvalue weighted by Gasteiger charge is 2.26. The van der Waals surface area contributed by atoms with E-state index in [1.165, 1.54) is 23.1 Å². The minimum atomic E-state index is -0.411. The zero-order valence-corrected chi connectivity index (χ0v) is 8.64. The number of hydrogen-bond acceptors (Lipinski definition) is 2. The lowest BCUT2D eigenvalue weighted by molar-refractivity contribution is -0.135. The van der Waals surface area contributed by atoms with Crippen molar-refractivity contribution in [3.05, 3.63) is 41.7 Å². The summed E-state index contributed by atoms with van der Waals surface area (Å²) in [5.74, 6) is -0.552. The molecule has 2 rings (SSSR count). The third-order valence-corrected chi connectivity index (χ3v) is 2.48. The first-order chi connectivity index (χ1) is 7.66. The summed E-state index contributed by atoms with van der Waals surface area (Å²) in [5.41, 5.74) is 0.386. The van der Waals surface area contributed by atoms with E-state index < -0.39 is 6.10 Å². The predicted molar refractivity (Wildman–Crippen MR) is 58.0 cm³/mol. The summed E-state index contributed by atoms with van der Waals surface area (Å²) < 4.78 is 13.2.